The molecule has 3 aromatic rings. The number of aryl methyl sites for hydroxylation is 1. The van der Waals surface area contributed by atoms with Gasteiger partial charge in [-0.15, -0.1) is 5.10 Å². The predicted molar refractivity (Wildman–Crippen MR) is 120 cm³/mol. The lowest BCUT2D eigenvalue weighted by Crippen LogP contribution is -2.50. The van der Waals surface area contributed by atoms with Gasteiger partial charge in [-0.2, -0.15) is 0 Å². The van der Waals surface area contributed by atoms with Gasteiger partial charge in [0.2, 0.25) is 5.91 Å². The number of anilines is 1. The third kappa shape index (κ3) is 5.14. The van der Waals surface area contributed by atoms with Crippen LogP contribution in [0.3, 0.4) is 0 Å². The van der Waals surface area contributed by atoms with E-state index >= 15 is 0 Å². The Balaban J connectivity index is 2.19. The van der Waals surface area contributed by atoms with Crippen LogP contribution in [0.4, 0.5) is 10.1 Å². The third-order valence-corrected chi connectivity index (χ3v) is 5.66. The first-order valence-electron chi connectivity index (χ1n) is 9.97. The van der Waals surface area contributed by atoms with E-state index in [-0.39, 0.29) is 11.4 Å². The van der Waals surface area contributed by atoms with Gasteiger partial charge in [0.1, 0.15) is 11.9 Å². The molecule has 0 fully saturated rings. The van der Waals surface area contributed by atoms with Crippen LogP contribution in [0.15, 0.2) is 53.9 Å². The Morgan fingerprint density at radius 2 is 1.84 bits per heavy atom. The molecule has 0 saturated carbocycles. The fourth-order valence-corrected chi connectivity index (χ4v) is 3.48. The molecule has 1 heterocycles. The molecule has 3 rings (SSSR count). The van der Waals surface area contributed by atoms with Gasteiger partial charge in [0.05, 0.1) is 5.69 Å². The second kappa shape index (κ2) is 9.34. The van der Waals surface area contributed by atoms with Crippen LogP contribution < -0.4 is 10.2 Å². The van der Waals surface area contributed by atoms with Crippen LogP contribution in [0, 0.1) is 12.7 Å². The number of hydrogen-bond donors (Lipinski definition) is 1. The molecule has 1 atom stereocenters. The maximum Gasteiger partial charge on any atom is 0.280 e. The zero-order chi connectivity index (χ0) is 22.6. The zero-order valence-electron chi connectivity index (χ0n) is 17.9. The zero-order valence-corrected chi connectivity index (χ0v) is 18.7. The van der Waals surface area contributed by atoms with Gasteiger partial charge in [-0.05, 0) is 56.4 Å². The molecule has 0 aliphatic rings. The van der Waals surface area contributed by atoms with Crippen molar-refractivity contribution in [3.05, 3.63) is 76.5 Å². The number of rotatable bonds is 7. The number of benzene rings is 2. The van der Waals surface area contributed by atoms with Gasteiger partial charge < -0.3 is 5.32 Å². The van der Waals surface area contributed by atoms with E-state index in [4.69, 9.17) is 0 Å². The van der Waals surface area contributed by atoms with Gasteiger partial charge in [-0.3, -0.25) is 14.5 Å². The van der Waals surface area contributed by atoms with Crippen molar-refractivity contribution in [1.82, 2.24) is 14.9 Å². The number of carbonyl (C=O) groups excluding carboxylic acids is 2. The van der Waals surface area contributed by atoms with Crippen molar-refractivity contribution in [2.75, 3.05) is 4.90 Å². The highest BCUT2D eigenvalue weighted by Gasteiger charge is 2.37. The minimum absolute atomic E-state index is 0.00414. The highest BCUT2D eigenvalue weighted by Crippen LogP contribution is 2.32. The summed E-state index contributed by atoms with van der Waals surface area (Å²) in [5.74, 6) is -1.62. The second-order valence-corrected chi connectivity index (χ2v) is 8.57. The molecule has 31 heavy (non-hydrogen) atoms. The van der Waals surface area contributed by atoms with Gasteiger partial charge in [-0.1, -0.05) is 53.4 Å². The van der Waals surface area contributed by atoms with Crippen LogP contribution in [0.1, 0.15) is 54.8 Å². The highest BCUT2D eigenvalue weighted by molar-refractivity contribution is 7.03. The normalized spacial score (nSPS) is 12.3. The molecule has 6 nitrogen and oxygen atoms in total. The summed E-state index contributed by atoms with van der Waals surface area (Å²) >= 11 is 1.01. The van der Waals surface area contributed by atoms with E-state index in [2.05, 4.69) is 14.9 Å². The van der Waals surface area contributed by atoms with E-state index in [9.17, 15) is 14.0 Å². The van der Waals surface area contributed by atoms with Gasteiger partial charge in [-0.25, -0.2) is 4.39 Å². The summed E-state index contributed by atoms with van der Waals surface area (Å²) < 4.78 is 18.6. The Morgan fingerprint density at radius 3 is 2.42 bits per heavy atom. The molecule has 0 spiro atoms. The van der Waals surface area contributed by atoms with E-state index in [0.717, 1.165) is 22.0 Å². The largest absolute Gasteiger partial charge is 0.349 e. The summed E-state index contributed by atoms with van der Waals surface area (Å²) in [6, 6.07) is 12.1. The van der Waals surface area contributed by atoms with E-state index < -0.39 is 29.2 Å². The summed E-state index contributed by atoms with van der Waals surface area (Å²) in [6.07, 6.45) is 0.684. The average molecular weight is 441 g/mol. The Labute approximate surface area is 185 Å². The van der Waals surface area contributed by atoms with Crippen molar-refractivity contribution in [2.24, 2.45) is 0 Å². The van der Waals surface area contributed by atoms with Gasteiger partial charge >= 0.3 is 0 Å². The monoisotopic (exact) mass is 440 g/mol. The smallest absolute Gasteiger partial charge is 0.280 e. The van der Waals surface area contributed by atoms with Crippen LogP contribution in [0.25, 0.3) is 0 Å². The molecule has 8 heteroatoms. The number of halogens is 1. The van der Waals surface area contributed by atoms with Gasteiger partial charge in [0.15, 0.2) is 5.69 Å². The van der Waals surface area contributed by atoms with Crippen LogP contribution >= 0.6 is 11.5 Å². The quantitative estimate of drug-likeness (QED) is 0.579. The van der Waals surface area contributed by atoms with Crippen LogP contribution in [0.5, 0.6) is 0 Å². The molecule has 0 saturated heterocycles. The van der Waals surface area contributed by atoms with Crippen molar-refractivity contribution < 1.29 is 14.0 Å². The van der Waals surface area contributed by atoms with E-state index in [1.807, 2.05) is 39.8 Å². The van der Waals surface area contributed by atoms with Crippen molar-refractivity contribution in [3.8, 4) is 0 Å². The van der Waals surface area contributed by atoms with Gasteiger partial charge in [0, 0.05) is 10.9 Å². The average Bonchev–Trinajstić information content (AvgIpc) is 3.28. The summed E-state index contributed by atoms with van der Waals surface area (Å²) in [4.78, 5) is 28.2. The summed E-state index contributed by atoms with van der Waals surface area (Å²) in [5.41, 5.74) is 1.11. The number of amides is 2. The van der Waals surface area contributed by atoms with E-state index in [1.165, 1.54) is 23.6 Å². The Morgan fingerprint density at radius 1 is 1.16 bits per heavy atom. The summed E-state index contributed by atoms with van der Waals surface area (Å²) in [5, 5.41) is 8.34. The molecule has 2 amide bonds. The van der Waals surface area contributed by atoms with E-state index in [0.29, 0.717) is 12.0 Å². The molecule has 0 aliphatic heterocycles. The first-order valence-corrected chi connectivity index (χ1v) is 10.8. The van der Waals surface area contributed by atoms with Crippen molar-refractivity contribution >= 4 is 29.0 Å². The topological polar surface area (TPSA) is 75.2 Å². The van der Waals surface area contributed by atoms with Crippen LogP contribution in [0.2, 0.25) is 0 Å². The molecule has 0 radical (unpaired) electrons. The molecule has 0 aliphatic carbocycles. The molecular formula is C23H25FN4O2S. The fourth-order valence-electron chi connectivity index (χ4n) is 3.05. The number of hydrogen-bond acceptors (Lipinski definition) is 5. The number of aromatic nitrogens is 2. The Bertz CT molecular complexity index is 1050. The number of nitrogens with one attached hydrogen (secondary N) is 1. The first-order chi connectivity index (χ1) is 14.7. The number of carbonyl (C=O) groups is 2. The first kappa shape index (κ1) is 22.6. The van der Waals surface area contributed by atoms with Crippen molar-refractivity contribution in [1.29, 1.82) is 0 Å². The molecule has 162 valence electrons. The lowest BCUT2D eigenvalue weighted by Gasteiger charge is -2.34. The number of para-hydroxylation sites is 1. The Kier molecular flexibility index (Phi) is 6.80. The SMILES string of the molecule is CCC(C)(C)NC(=O)[C@H](c1ccc(C)cc1)N(C(=O)c1csnn1)c1ccccc1F. The third-order valence-electron chi connectivity index (χ3n) is 5.16. The highest BCUT2D eigenvalue weighted by atomic mass is 32.1. The maximum atomic E-state index is 14.9. The lowest BCUT2D eigenvalue weighted by atomic mass is 9.97. The van der Waals surface area contributed by atoms with Crippen molar-refractivity contribution in [2.45, 2.75) is 45.7 Å². The molecular weight excluding hydrogens is 415 g/mol. The van der Waals surface area contributed by atoms with Crippen molar-refractivity contribution in [3.63, 3.8) is 0 Å². The lowest BCUT2D eigenvalue weighted by molar-refractivity contribution is -0.124. The molecule has 1 aromatic heterocycles. The predicted octanol–water partition coefficient (Wildman–Crippen LogP) is 4.68. The number of nitrogens with zero attached hydrogens (tertiary/aromatic N) is 3. The van der Waals surface area contributed by atoms with E-state index in [1.54, 1.807) is 18.2 Å². The summed E-state index contributed by atoms with van der Waals surface area (Å²) in [7, 11) is 0. The van der Waals surface area contributed by atoms with Crippen LogP contribution in [-0.4, -0.2) is 26.9 Å². The maximum absolute atomic E-state index is 14.9. The minimum atomic E-state index is -1.10. The molecule has 2 aromatic carbocycles. The Hall–Kier alpha value is -3.13. The molecule has 1 N–H and O–H groups in total. The standard InChI is InChI=1S/C23H25FN4O2S/c1-5-23(3,4)25-21(29)20(16-12-10-15(2)11-13-16)28(19-9-7-6-8-17(19)24)22(30)18-14-31-27-26-18/h6-14,20H,5H2,1-4H3,(H,25,29)/t20-/m0/s1. The fraction of sp³-hybridized carbons (Fsp3) is 0.304. The van der Waals surface area contributed by atoms with Crippen LogP contribution in [-0.2, 0) is 4.79 Å². The molecule has 0 unspecified atom stereocenters. The minimum Gasteiger partial charge on any atom is -0.349 e. The summed E-state index contributed by atoms with van der Waals surface area (Å²) in [6.45, 7) is 7.69. The second-order valence-electron chi connectivity index (χ2n) is 7.96. The van der Waals surface area contributed by atoms with Gasteiger partial charge in [0.25, 0.3) is 5.91 Å². The molecule has 0 bridgehead atoms.